The molecule has 0 aliphatic rings. The molecule has 0 radical (unpaired) electrons. The molecule has 0 unspecified atom stereocenters. The summed E-state index contributed by atoms with van der Waals surface area (Å²) >= 11 is 0. The van der Waals surface area contributed by atoms with Gasteiger partial charge in [-0.25, -0.2) is 8.42 Å². The number of aromatic nitrogens is 2. The van der Waals surface area contributed by atoms with E-state index in [1.165, 1.54) is 0 Å². The SMILES string of the molecule is Cc1cc(N)c(S(=O)(=O)Nc2cn(C)nc2C)cc1C. The number of rotatable bonds is 3. The van der Waals surface area contributed by atoms with E-state index in [9.17, 15) is 8.42 Å². The van der Waals surface area contributed by atoms with Gasteiger partial charge < -0.3 is 5.73 Å². The Bertz CT molecular complexity index is 763. The van der Waals surface area contributed by atoms with Crippen molar-refractivity contribution >= 4 is 21.4 Å². The smallest absolute Gasteiger partial charge is 0.264 e. The molecule has 7 heteroatoms. The maximum atomic E-state index is 12.4. The molecule has 1 aromatic carbocycles. The summed E-state index contributed by atoms with van der Waals surface area (Å²) in [5.41, 5.74) is 8.97. The van der Waals surface area contributed by atoms with E-state index in [0.717, 1.165) is 11.1 Å². The van der Waals surface area contributed by atoms with Crippen molar-refractivity contribution in [2.75, 3.05) is 10.5 Å². The molecule has 2 rings (SSSR count). The van der Waals surface area contributed by atoms with Crippen LogP contribution in [-0.4, -0.2) is 18.2 Å². The van der Waals surface area contributed by atoms with Gasteiger partial charge in [0, 0.05) is 13.2 Å². The average Bonchev–Trinajstić information content (AvgIpc) is 2.61. The second-order valence-electron chi connectivity index (χ2n) is 4.88. The van der Waals surface area contributed by atoms with Crippen LogP contribution in [0.4, 0.5) is 11.4 Å². The lowest BCUT2D eigenvalue weighted by atomic mass is 10.1. The van der Waals surface area contributed by atoms with Crippen molar-refractivity contribution in [2.24, 2.45) is 7.05 Å². The summed E-state index contributed by atoms with van der Waals surface area (Å²) in [5, 5.41) is 4.10. The third kappa shape index (κ3) is 2.62. The maximum Gasteiger partial charge on any atom is 0.264 e. The molecular formula is C13H18N4O2S. The zero-order valence-electron chi connectivity index (χ0n) is 11.9. The van der Waals surface area contributed by atoms with Crippen LogP contribution in [0.25, 0.3) is 0 Å². The van der Waals surface area contributed by atoms with Crippen LogP contribution in [-0.2, 0) is 17.1 Å². The minimum atomic E-state index is -3.72. The van der Waals surface area contributed by atoms with Gasteiger partial charge in [-0.3, -0.25) is 9.40 Å². The molecule has 0 bridgehead atoms. The topological polar surface area (TPSA) is 90.0 Å². The summed E-state index contributed by atoms with van der Waals surface area (Å²) in [4.78, 5) is 0.0869. The molecule has 0 spiro atoms. The normalized spacial score (nSPS) is 11.6. The van der Waals surface area contributed by atoms with Gasteiger partial charge in [0.2, 0.25) is 0 Å². The first-order valence-corrected chi connectivity index (χ1v) is 7.59. The molecule has 0 aliphatic heterocycles. The second kappa shape index (κ2) is 4.82. The largest absolute Gasteiger partial charge is 0.398 e. The van der Waals surface area contributed by atoms with E-state index in [1.807, 2.05) is 13.8 Å². The standard InChI is InChI=1S/C13H18N4O2S/c1-8-5-11(14)13(6-9(8)2)20(18,19)16-12-7-17(4)15-10(12)3/h5-7,16H,14H2,1-4H3. The minimum Gasteiger partial charge on any atom is -0.398 e. The summed E-state index contributed by atoms with van der Waals surface area (Å²) in [5.74, 6) is 0. The fourth-order valence-corrected chi connectivity index (χ4v) is 3.25. The fourth-order valence-electron chi connectivity index (χ4n) is 1.94. The molecule has 0 saturated heterocycles. The van der Waals surface area contributed by atoms with Gasteiger partial charge in [-0.05, 0) is 44.0 Å². The molecule has 3 N–H and O–H groups in total. The zero-order chi connectivity index (χ0) is 15.1. The molecule has 108 valence electrons. The number of hydrogen-bond acceptors (Lipinski definition) is 4. The van der Waals surface area contributed by atoms with Crippen LogP contribution in [0.1, 0.15) is 16.8 Å². The van der Waals surface area contributed by atoms with Crippen LogP contribution in [0.2, 0.25) is 0 Å². The first-order chi connectivity index (χ1) is 9.20. The Kier molecular flexibility index (Phi) is 3.47. The Labute approximate surface area is 118 Å². The monoisotopic (exact) mass is 294 g/mol. The molecule has 1 aromatic heterocycles. The molecule has 0 aliphatic carbocycles. The summed E-state index contributed by atoms with van der Waals surface area (Å²) in [6, 6.07) is 3.25. The highest BCUT2D eigenvalue weighted by atomic mass is 32.2. The zero-order valence-corrected chi connectivity index (χ0v) is 12.7. The van der Waals surface area contributed by atoms with Crippen molar-refractivity contribution in [1.29, 1.82) is 0 Å². The van der Waals surface area contributed by atoms with E-state index < -0.39 is 10.0 Å². The number of benzene rings is 1. The Morgan fingerprint density at radius 2 is 1.80 bits per heavy atom. The van der Waals surface area contributed by atoms with Crippen LogP contribution in [0.5, 0.6) is 0 Å². The first-order valence-electron chi connectivity index (χ1n) is 6.10. The Hall–Kier alpha value is -2.02. The van der Waals surface area contributed by atoms with Gasteiger partial charge in [0.25, 0.3) is 10.0 Å². The van der Waals surface area contributed by atoms with Gasteiger partial charge in [0.05, 0.1) is 17.1 Å². The van der Waals surface area contributed by atoms with E-state index in [2.05, 4.69) is 9.82 Å². The highest BCUT2D eigenvalue weighted by Gasteiger charge is 2.20. The maximum absolute atomic E-state index is 12.4. The summed E-state index contributed by atoms with van der Waals surface area (Å²) in [7, 11) is -1.99. The quantitative estimate of drug-likeness (QED) is 0.844. The predicted molar refractivity (Wildman–Crippen MR) is 79.1 cm³/mol. The number of nitrogens with zero attached hydrogens (tertiary/aromatic N) is 2. The van der Waals surface area contributed by atoms with Crippen molar-refractivity contribution < 1.29 is 8.42 Å². The fraction of sp³-hybridized carbons (Fsp3) is 0.308. The second-order valence-corrected chi connectivity index (χ2v) is 6.53. The van der Waals surface area contributed by atoms with Gasteiger partial charge in [0.1, 0.15) is 4.90 Å². The lowest BCUT2D eigenvalue weighted by molar-refractivity contribution is 0.601. The molecule has 0 saturated carbocycles. The highest BCUT2D eigenvalue weighted by molar-refractivity contribution is 7.92. The average molecular weight is 294 g/mol. The molecule has 6 nitrogen and oxygen atoms in total. The predicted octanol–water partition coefficient (Wildman–Crippen LogP) is 1.73. The Morgan fingerprint density at radius 3 is 2.35 bits per heavy atom. The molecule has 20 heavy (non-hydrogen) atoms. The van der Waals surface area contributed by atoms with Gasteiger partial charge in [-0.15, -0.1) is 0 Å². The summed E-state index contributed by atoms with van der Waals surface area (Å²) in [6.07, 6.45) is 1.62. The van der Waals surface area contributed by atoms with Crippen molar-refractivity contribution in [3.63, 3.8) is 0 Å². The third-order valence-corrected chi connectivity index (χ3v) is 4.59. The Morgan fingerprint density at radius 1 is 1.20 bits per heavy atom. The number of aryl methyl sites for hydroxylation is 4. The van der Waals surface area contributed by atoms with Crippen LogP contribution < -0.4 is 10.5 Å². The Balaban J connectivity index is 2.46. The van der Waals surface area contributed by atoms with Crippen LogP contribution >= 0.6 is 0 Å². The lowest BCUT2D eigenvalue weighted by Crippen LogP contribution is -2.15. The molecule has 0 fully saturated rings. The van der Waals surface area contributed by atoms with Gasteiger partial charge in [0.15, 0.2) is 0 Å². The molecule has 0 atom stereocenters. The number of nitrogens with one attached hydrogen (secondary N) is 1. The number of anilines is 2. The van der Waals surface area contributed by atoms with Gasteiger partial charge >= 0.3 is 0 Å². The van der Waals surface area contributed by atoms with E-state index in [1.54, 1.807) is 37.0 Å². The molecular weight excluding hydrogens is 276 g/mol. The number of hydrogen-bond donors (Lipinski definition) is 2. The van der Waals surface area contributed by atoms with Crippen LogP contribution in [0, 0.1) is 20.8 Å². The van der Waals surface area contributed by atoms with Crippen molar-refractivity contribution in [3.8, 4) is 0 Å². The van der Waals surface area contributed by atoms with E-state index in [4.69, 9.17) is 5.73 Å². The minimum absolute atomic E-state index is 0.0869. The van der Waals surface area contributed by atoms with Crippen LogP contribution in [0.3, 0.4) is 0 Å². The van der Waals surface area contributed by atoms with Crippen molar-refractivity contribution in [1.82, 2.24) is 9.78 Å². The van der Waals surface area contributed by atoms with E-state index >= 15 is 0 Å². The molecule has 2 aromatic rings. The number of nitrogens with two attached hydrogens (primary N) is 1. The van der Waals surface area contributed by atoms with Crippen molar-refractivity contribution in [2.45, 2.75) is 25.7 Å². The van der Waals surface area contributed by atoms with Crippen molar-refractivity contribution in [3.05, 3.63) is 35.2 Å². The number of sulfonamides is 1. The van der Waals surface area contributed by atoms with Gasteiger partial charge in [-0.1, -0.05) is 0 Å². The van der Waals surface area contributed by atoms with E-state index in [-0.39, 0.29) is 10.6 Å². The summed E-state index contributed by atoms with van der Waals surface area (Å²) in [6.45, 7) is 5.48. The molecule has 0 amide bonds. The lowest BCUT2D eigenvalue weighted by Gasteiger charge is -2.11. The number of nitrogen functional groups attached to an aromatic ring is 1. The molecule has 1 heterocycles. The third-order valence-electron chi connectivity index (χ3n) is 3.17. The highest BCUT2D eigenvalue weighted by Crippen LogP contribution is 2.25. The van der Waals surface area contributed by atoms with Gasteiger partial charge in [-0.2, -0.15) is 5.10 Å². The summed E-state index contributed by atoms with van der Waals surface area (Å²) < 4.78 is 28.9. The van der Waals surface area contributed by atoms with E-state index in [0.29, 0.717) is 11.4 Å². The first kappa shape index (κ1) is 14.4. The van der Waals surface area contributed by atoms with Crippen LogP contribution in [0.15, 0.2) is 23.2 Å².